The molecule has 0 spiro atoms. The maximum absolute atomic E-state index is 12.7. The average molecular weight is 363 g/mol. The summed E-state index contributed by atoms with van der Waals surface area (Å²) in [4.78, 5) is 27.4. The number of benzene rings is 2. The Bertz CT molecular complexity index is 809. The lowest BCUT2D eigenvalue weighted by molar-refractivity contribution is -0.137. The SMILES string of the molecule is O=C(CN1CCN(c2ccccc2)C1=O)Nc1cccc(C(F)(F)F)c1. The first-order valence-corrected chi connectivity index (χ1v) is 7.93. The van der Waals surface area contributed by atoms with Crippen molar-refractivity contribution in [2.24, 2.45) is 0 Å². The monoisotopic (exact) mass is 363 g/mol. The number of carbonyl (C=O) groups is 2. The molecule has 136 valence electrons. The first-order chi connectivity index (χ1) is 12.3. The maximum atomic E-state index is 12.7. The zero-order valence-corrected chi connectivity index (χ0v) is 13.7. The van der Waals surface area contributed by atoms with Crippen LogP contribution < -0.4 is 10.2 Å². The number of carbonyl (C=O) groups excluding carboxylic acids is 2. The average Bonchev–Trinajstić information content (AvgIpc) is 2.96. The van der Waals surface area contributed by atoms with Gasteiger partial charge in [0.25, 0.3) is 0 Å². The van der Waals surface area contributed by atoms with Gasteiger partial charge in [-0.2, -0.15) is 13.2 Å². The minimum Gasteiger partial charge on any atom is -0.325 e. The zero-order chi connectivity index (χ0) is 18.7. The molecule has 3 amide bonds. The molecule has 1 fully saturated rings. The number of alkyl halides is 3. The van der Waals surface area contributed by atoms with Gasteiger partial charge in [-0.1, -0.05) is 24.3 Å². The van der Waals surface area contributed by atoms with Gasteiger partial charge < -0.3 is 10.2 Å². The summed E-state index contributed by atoms with van der Waals surface area (Å²) in [5.41, 5.74) is -0.0718. The van der Waals surface area contributed by atoms with Crippen molar-refractivity contribution in [3.8, 4) is 0 Å². The van der Waals surface area contributed by atoms with Crippen molar-refractivity contribution >= 4 is 23.3 Å². The molecule has 2 aromatic rings. The Kier molecular flexibility index (Phi) is 4.83. The number of urea groups is 1. The zero-order valence-electron chi connectivity index (χ0n) is 13.7. The molecule has 0 saturated carbocycles. The summed E-state index contributed by atoms with van der Waals surface area (Å²) in [6.45, 7) is 0.585. The van der Waals surface area contributed by atoms with Crippen molar-refractivity contribution in [2.45, 2.75) is 6.18 Å². The van der Waals surface area contributed by atoms with E-state index >= 15 is 0 Å². The van der Waals surface area contributed by atoms with Gasteiger partial charge in [0.1, 0.15) is 6.54 Å². The third-order valence-electron chi connectivity index (χ3n) is 3.97. The van der Waals surface area contributed by atoms with Gasteiger partial charge in [-0.15, -0.1) is 0 Å². The van der Waals surface area contributed by atoms with E-state index in [1.165, 1.54) is 17.0 Å². The second-order valence-electron chi connectivity index (χ2n) is 5.82. The molecule has 5 nitrogen and oxygen atoms in total. The Morgan fingerprint density at radius 1 is 1.04 bits per heavy atom. The van der Waals surface area contributed by atoms with Gasteiger partial charge in [-0.3, -0.25) is 9.69 Å². The summed E-state index contributed by atoms with van der Waals surface area (Å²) in [5, 5.41) is 2.41. The first-order valence-electron chi connectivity index (χ1n) is 7.93. The summed E-state index contributed by atoms with van der Waals surface area (Å²) >= 11 is 0. The molecule has 1 N–H and O–H groups in total. The molecule has 1 saturated heterocycles. The number of hydrogen-bond donors (Lipinski definition) is 1. The lowest BCUT2D eigenvalue weighted by Crippen LogP contribution is -2.37. The lowest BCUT2D eigenvalue weighted by atomic mass is 10.2. The highest BCUT2D eigenvalue weighted by molar-refractivity contribution is 5.99. The highest BCUT2D eigenvalue weighted by Crippen LogP contribution is 2.30. The van der Waals surface area contributed by atoms with Crippen LogP contribution in [0.1, 0.15) is 5.56 Å². The minimum absolute atomic E-state index is 0.0383. The van der Waals surface area contributed by atoms with E-state index in [0.717, 1.165) is 17.8 Å². The van der Waals surface area contributed by atoms with Crippen molar-refractivity contribution in [1.29, 1.82) is 0 Å². The van der Waals surface area contributed by atoms with E-state index in [-0.39, 0.29) is 18.3 Å². The maximum Gasteiger partial charge on any atom is 0.416 e. The van der Waals surface area contributed by atoms with Gasteiger partial charge in [-0.05, 0) is 30.3 Å². The van der Waals surface area contributed by atoms with Gasteiger partial charge in [-0.25, -0.2) is 4.79 Å². The van der Waals surface area contributed by atoms with E-state index in [1.54, 1.807) is 17.0 Å². The molecule has 1 aliphatic rings. The molecule has 2 aromatic carbocycles. The van der Waals surface area contributed by atoms with Crippen LogP contribution in [0.25, 0.3) is 0 Å². The molecule has 3 rings (SSSR count). The van der Waals surface area contributed by atoms with Crippen molar-refractivity contribution < 1.29 is 22.8 Å². The largest absolute Gasteiger partial charge is 0.416 e. The molecule has 0 aliphatic carbocycles. The number of rotatable bonds is 4. The molecule has 0 atom stereocenters. The molecule has 26 heavy (non-hydrogen) atoms. The van der Waals surface area contributed by atoms with Crippen LogP contribution in [0.15, 0.2) is 54.6 Å². The van der Waals surface area contributed by atoms with Crippen LogP contribution in [-0.4, -0.2) is 36.5 Å². The molecule has 0 unspecified atom stereocenters. The predicted molar refractivity (Wildman–Crippen MR) is 90.8 cm³/mol. The van der Waals surface area contributed by atoms with Gasteiger partial charge in [0.2, 0.25) is 5.91 Å². The Morgan fingerprint density at radius 3 is 2.46 bits per heavy atom. The van der Waals surface area contributed by atoms with Crippen molar-refractivity contribution in [3.63, 3.8) is 0 Å². The quantitative estimate of drug-likeness (QED) is 0.903. The number of halogens is 3. The highest BCUT2D eigenvalue weighted by Gasteiger charge is 2.32. The number of nitrogens with zero attached hydrogens (tertiary/aromatic N) is 2. The summed E-state index contributed by atoms with van der Waals surface area (Å²) in [6, 6.07) is 13.1. The van der Waals surface area contributed by atoms with Gasteiger partial charge in [0, 0.05) is 24.5 Å². The van der Waals surface area contributed by atoms with Crippen molar-refractivity contribution in [3.05, 3.63) is 60.2 Å². The predicted octanol–water partition coefficient (Wildman–Crippen LogP) is 3.59. The van der Waals surface area contributed by atoms with Gasteiger partial charge in [0.15, 0.2) is 0 Å². The highest BCUT2D eigenvalue weighted by atomic mass is 19.4. The van der Waals surface area contributed by atoms with Crippen LogP contribution in [0.2, 0.25) is 0 Å². The van der Waals surface area contributed by atoms with E-state index in [2.05, 4.69) is 5.32 Å². The molecule has 0 radical (unpaired) electrons. The Hall–Kier alpha value is -3.03. The van der Waals surface area contributed by atoms with E-state index in [9.17, 15) is 22.8 Å². The number of anilines is 2. The minimum atomic E-state index is -4.48. The molecule has 0 bridgehead atoms. The molecule has 1 aliphatic heterocycles. The van der Waals surface area contributed by atoms with Crippen molar-refractivity contribution in [1.82, 2.24) is 4.90 Å². The third kappa shape index (κ3) is 3.96. The fraction of sp³-hybridized carbons (Fsp3) is 0.222. The molecule has 1 heterocycles. The van der Waals surface area contributed by atoms with Crippen LogP contribution in [-0.2, 0) is 11.0 Å². The van der Waals surface area contributed by atoms with Gasteiger partial charge in [0.05, 0.1) is 5.56 Å². The van der Waals surface area contributed by atoms with Crippen LogP contribution in [0.5, 0.6) is 0 Å². The molecule has 8 heteroatoms. The number of nitrogens with one attached hydrogen (secondary N) is 1. The number of hydrogen-bond acceptors (Lipinski definition) is 2. The van der Waals surface area contributed by atoms with Crippen LogP contribution in [0.3, 0.4) is 0 Å². The summed E-state index contributed by atoms with van der Waals surface area (Å²) in [5.74, 6) is -0.549. The topological polar surface area (TPSA) is 52.7 Å². The van der Waals surface area contributed by atoms with E-state index in [1.807, 2.05) is 18.2 Å². The smallest absolute Gasteiger partial charge is 0.325 e. The van der Waals surface area contributed by atoms with E-state index < -0.39 is 17.6 Å². The van der Waals surface area contributed by atoms with E-state index in [0.29, 0.717) is 13.1 Å². The summed E-state index contributed by atoms with van der Waals surface area (Å²) in [7, 11) is 0. The number of amides is 3. The standard InChI is InChI=1S/C18H16F3N3O2/c19-18(20,21)13-5-4-6-14(11-13)22-16(25)12-23-9-10-24(17(23)26)15-7-2-1-3-8-15/h1-8,11H,9-10,12H2,(H,22,25). The Balaban J connectivity index is 1.62. The first kappa shape index (κ1) is 17.8. The van der Waals surface area contributed by atoms with E-state index in [4.69, 9.17) is 0 Å². The van der Waals surface area contributed by atoms with Crippen LogP contribution in [0.4, 0.5) is 29.3 Å². The van der Waals surface area contributed by atoms with Crippen LogP contribution >= 0.6 is 0 Å². The second kappa shape index (κ2) is 7.07. The third-order valence-corrected chi connectivity index (χ3v) is 3.97. The fourth-order valence-electron chi connectivity index (χ4n) is 2.72. The lowest BCUT2D eigenvalue weighted by Gasteiger charge is -2.18. The van der Waals surface area contributed by atoms with Crippen molar-refractivity contribution in [2.75, 3.05) is 29.9 Å². The fourth-order valence-corrected chi connectivity index (χ4v) is 2.72. The number of para-hydroxylation sites is 1. The Labute approximate surface area is 148 Å². The van der Waals surface area contributed by atoms with Gasteiger partial charge >= 0.3 is 12.2 Å². The molecular weight excluding hydrogens is 347 g/mol. The molecular formula is C18H16F3N3O2. The Morgan fingerprint density at radius 2 is 1.77 bits per heavy atom. The summed E-state index contributed by atoms with van der Waals surface area (Å²) in [6.07, 6.45) is -4.48. The summed E-state index contributed by atoms with van der Waals surface area (Å²) < 4.78 is 38.2. The normalized spacial score (nSPS) is 14.7. The molecule has 0 aromatic heterocycles. The van der Waals surface area contributed by atoms with Crippen LogP contribution in [0, 0.1) is 0 Å². The second-order valence-corrected chi connectivity index (χ2v) is 5.82.